The maximum atomic E-state index is 13.3. The number of hydrogen-bond acceptors (Lipinski definition) is 2. The number of benzene rings is 1. The summed E-state index contributed by atoms with van der Waals surface area (Å²) in [6, 6.07) is 4.74. The smallest absolute Gasteiger partial charge is 0.123 e. The maximum absolute atomic E-state index is 13.3. The molecule has 0 amide bonds. The van der Waals surface area contributed by atoms with Gasteiger partial charge in [0.05, 0.1) is 23.0 Å². The molecular formula is C15H19ClFN3. The third kappa shape index (κ3) is 2.86. The molecule has 0 aliphatic rings. The van der Waals surface area contributed by atoms with Crippen LogP contribution in [0.2, 0.25) is 5.02 Å². The Morgan fingerprint density at radius 2 is 2.15 bits per heavy atom. The van der Waals surface area contributed by atoms with Gasteiger partial charge in [-0.05, 0) is 43.7 Å². The predicted octanol–water partition coefficient (Wildman–Crippen LogP) is 3.70. The molecule has 0 aliphatic carbocycles. The monoisotopic (exact) mass is 295 g/mol. The Kier molecular flexibility index (Phi) is 4.78. The third-order valence-corrected chi connectivity index (χ3v) is 3.65. The minimum absolute atomic E-state index is 0.0875. The standard InChI is InChI=1S/C15H19ClFN3/c1-4-18-14(12-7-6-11(17)8-10(12)3)15-13(16)9-19-20(15)5-2/h6-9,14,18H,4-5H2,1-3H3. The minimum Gasteiger partial charge on any atom is -0.305 e. The van der Waals surface area contributed by atoms with E-state index in [-0.39, 0.29) is 11.9 Å². The first-order valence-corrected chi connectivity index (χ1v) is 7.16. The van der Waals surface area contributed by atoms with Crippen LogP contribution in [0.15, 0.2) is 24.4 Å². The molecule has 3 nitrogen and oxygen atoms in total. The molecule has 1 atom stereocenters. The highest BCUT2D eigenvalue weighted by Gasteiger charge is 2.22. The van der Waals surface area contributed by atoms with Crippen LogP contribution in [-0.4, -0.2) is 16.3 Å². The van der Waals surface area contributed by atoms with Gasteiger partial charge in [0.1, 0.15) is 5.82 Å². The van der Waals surface area contributed by atoms with E-state index < -0.39 is 0 Å². The van der Waals surface area contributed by atoms with E-state index in [0.29, 0.717) is 5.02 Å². The lowest BCUT2D eigenvalue weighted by Crippen LogP contribution is -2.26. The highest BCUT2D eigenvalue weighted by molar-refractivity contribution is 6.31. The first kappa shape index (κ1) is 15.0. The zero-order valence-electron chi connectivity index (χ0n) is 12.0. The van der Waals surface area contributed by atoms with Crippen LogP contribution in [0, 0.1) is 12.7 Å². The Bertz CT molecular complexity index is 595. The van der Waals surface area contributed by atoms with Crippen LogP contribution in [0.5, 0.6) is 0 Å². The van der Waals surface area contributed by atoms with E-state index in [9.17, 15) is 4.39 Å². The van der Waals surface area contributed by atoms with Gasteiger partial charge < -0.3 is 5.32 Å². The van der Waals surface area contributed by atoms with Crippen molar-refractivity contribution >= 4 is 11.6 Å². The molecular weight excluding hydrogens is 277 g/mol. The van der Waals surface area contributed by atoms with Crippen LogP contribution in [0.3, 0.4) is 0 Å². The van der Waals surface area contributed by atoms with E-state index in [0.717, 1.165) is 29.9 Å². The second kappa shape index (κ2) is 6.37. The van der Waals surface area contributed by atoms with Crippen molar-refractivity contribution in [3.05, 3.63) is 52.1 Å². The van der Waals surface area contributed by atoms with Crippen molar-refractivity contribution in [3.63, 3.8) is 0 Å². The average molecular weight is 296 g/mol. The van der Waals surface area contributed by atoms with Crippen molar-refractivity contribution in [2.45, 2.75) is 33.4 Å². The molecule has 0 fully saturated rings. The molecule has 0 aliphatic heterocycles. The summed E-state index contributed by atoms with van der Waals surface area (Å²) in [7, 11) is 0. The normalized spacial score (nSPS) is 12.7. The molecule has 1 aromatic heterocycles. The number of aromatic nitrogens is 2. The molecule has 1 N–H and O–H groups in total. The Morgan fingerprint density at radius 1 is 1.40 bits per heavy atom. The van der Waals surface area contributed by atoms with Crippen molar-refractivity contribution in [3.8, 4) is 0 Å². The molecule has 0 saturated carbocycles. The first-order valence-electron chi connectivity index (χ1n) is 6.79. The van der Waals surface area contributed by atoms with Crippen molar-refractivity contribution in [2.75, 3.05) is 6.54 Å². The third-order valence-electron chi connectivity index (χ3n) is 3.36. The Morgan fingerprint density at radius 3 is 2.75 bits per heavy atom. The lowest BCUT2D eigenvalue weighted by Gasteiger charge is -2.22. The van der Waals surface area contributed by atoms with Crippen LogP contribution in [0.25, 0.3) is 0 Å². The summed E-state index contributed by atoms with van der Waals surface area (Å²) in [5, 5.41) is 8.32. The number of rotatable bonds is 5. The number of halogens is 2. The highest BCUT2D eigenvalue weighted by atomic mass is 35.5. The molecule has 1 aromatic carbocycles. The topological polar surface area (TPSA) is 29.9 Å². The fourth-order valence-electron chi connectivity index (χ4n) is 2.43. The van der Waals surface area contributed by atoms with Gasteiger partial charge in [0.25, 0.3) is 0 Å². The molecule has 0 spiro atoms. The van der Waals surface area contributed by atoms with Gasteiger partial charge in [-0.1, -0.05) is 24.6 Å². The van der Waals surface area contributed by atoms with Gasteiger partial charge in [0.2, 0.25) is 0 Å². The average Bonchev–Trinajstić information content (AvgIpc) is 2.78. The highest BCUT2D eigenvalue weighted by Crippen LogP contribution is 2.30. The van der Waals surface area contributed by atoms with Crippen LogP contribution < -0.4 is 5.32 Å². The first-order chi connectivity index (χ1) is 9.58. The number of hydrogen-bond donors (Lipinski definition) is 1. The summed E-state index contributed by atoms with van der Waals surface area (Å²) >= 11 is 6.29. The van der Waals surface area contributed by atoms with Gasteiger partial charge in [-0.15, -0.1) is 0 Å². The summed E-state index contributed by atoms with van der Waals surface area (Å²) in [6.07, 6.45) is 1.66. The quantitative estimate of drug-likeness (QED) is 0.911. The maximum Gasteiger partial charge on any atom is 0.123 e. The van der Waals surface area contributed by atoms with Crippen LogP contribution in [0.4, 0.5) is 4.39 Å². The second-order valence-corrected chi connectivity index (χ2v) is 5.09. The van der Waals surface area contributed by atoms with Crippen LogP contribution >= 0.6 is 11.6 Å². The molecule has 2 rings (SSSR count). The van der Waals surface area contributed by atoms with Gasteiger partial charge in [-0.2, -0.15) is 5.10 Å². The van der Waals surface area contributed by atoms with Crippen molar-refractivity contribution in [1.29, 1.82) is 0 Å². The van der Waals surface area contributed by atoms with Gasteiger partial charge in [-0.3, -0.25) is 4.68 Å². The van der Waals surface area contributed by atoms with Crippen LogP contribution in [0.1, 0.15) is 36.7 Å². The Labute approximate surface area is 123 Å². The van der Waals surface area contributed by atoms with E-state index in [1.807, 2.05) is 25.5 Å². The van der Waals surface area contributed by atoms with E-state index in [1.54, 1.807) is 18.3 Å². The Hall–Kier alpha value is -1.39. The molecule has 1 unspecified atom stereocenters. The van der Waals surface area contributed by atoms with E-state index in [4.69, 9.17) is 11.6 Å². The molecule has 20 heavy (non-hydrogen) atoms. The van der Waals surface area contributed by atoms with Crippen molar-refractivity contribution in [2.24, 2.45) is 0 Å². The molecule has 108 valence electrons. The zero-order chi connectivity index (χ0) is 14.7. The van der Waals surface area contributed by atoms with E-state index in [1.165, 1.54) is 6.07 Å². The second-order valence-electron chi connectivity index (χ2n) is 4.69. The largest absolute Gasteiger partial charge is 0.305 e. The molecule has 5 heteroatoms. The minimum atomic E-state index is -0.225. The molecule has 1 heterocycles. The van der Waals surface area contributed by atoms with Gasteiger partial charge in [0.15, 0.2) is 0 Å². The van der Waals surface area contributed by atoms with E-state index in [2.05, 4.69) is 10.4 Å². The summed E-state index contributed by atoms with van der Waals surface area (Å²) in [5.74, 6) is -0.225. The molecule has 0 saturated heterocycles. The van der Waals surface area contributed by atoms with Crippen molar-refractivity contribution in [1.82, 2.24) is 15.1 Å². The van der Waals surface area contributed by atoms with Gasteiger partial charge in [0, 0.05) is 6.54 Å². The van der Waals surface area contributed by atoms with Crippen LogP contribution in [-0.2, 0) is 6.54 Å². The molecule has 2 aromatic rings. The number of nitrogens with zero attached hydrogens (tertiary/aromatic N) is 2. The summed E-state index contributed by atoms with van der Waals surface area (Å²) in [4.78, 5) is 0. The number of aryl methyl sites for hydroxylation is 2. The Balaban J connectivity index is 2.53. The lowest BCUT2D eigenvalue weighted by molar-refractivity contribution is 0.539. The zero-order valence-corrected chi connectivity index (χ0v) is 12.7. The molecule has 0 radical (unpaired) electrons. The SMILES string of the molecule is CCNC(c1ccc(F)cc1C)c1c(Cl)cnn1CC. The summed E-state index contributed by atoms with van der Waals surface area (Å²) in [5.41, 5.74) is 2.84. The fourth-order valence-corrected chi connectivity index (χ4v) is 2.68. The van der Waals surface area contributed by atoms with Gasteiger partial charge in [-0.25, -0.2) is 4.39 Å². The van der Waals surface area contributed by atoms with Gasteiger partial charge >= 0.3 is 0 Å². The summed E-state index contributed by atoms with van der Waals surface area (Å²) in [6.45, 7) is 7.49. The summed E-state index contributed by atoms with van der Waals surface area (Å²) < 4.78 is 15.2. The van der Waals surface area contributed by atoms with Crippen molar-refractivity contribution < 1.29 is 4.39 Å². The molecule has 0 bridgehead atoms. The lowest BCUT2D eigenvalue weighted by atomic mass is 9.98. The number of nitrogens with one attached hydrogen (secondary N) is 1. The predicted molar refractivity (Wildman–Crippen MR) is 79.6 cm³/mol. The fraction of sp³-hybridized carbons (Fsp3) is 0.400. The van der Waals surface area contributed by atoms with E-state index >= 15 is 0 Å².